The number of carbonyl (C=O) groups excluding carboxylic acids is 1. The van der Waals surface area contributed by atoms with Gasteiger partial charge in [0, 0.05) is 35.8 Å². The monoisotopic (exact) mass is 427 g/mol. The van der Waals surface area contributed by atoms with Gasteiger partial charge in [0.1, 0.15) is 17.4 Å². The van der Waals surface area contributed by atoms with Crippen molar-refractivity contribution in [3.8, 4) is 17.0 Å². The van der Waals surface area contributed by atoms with Crippen molar-refractivity contribution in [3.63, 3.8) is 0 Å². The van der Waals surface area contributed by atoms with Crippen molar-refractivity contribution < 1.29 is 9.53 Å². The van der Waals surface area contributed by atoms with Gasteiger partial charge in [0.05, 0.1) is 24.5 Å². The van der Waals surface area contributed by atoms with Gasteiger partial charge in [0.25, 0.3) is 5.91 Å². The van der Waals surface area contributed by atoms with Crippen molar-refractivity contribution >= 4 is 22.5 Å². The number of nitrogens with one attached hydrogen (secondary N) is 2. The lowest BCUT2D eigenvalue weighted by Crippen LogP contribution is -2.28. The lowest BCUT2D eigenvalue weighted by atomic mass is 10.1. The van der Waals surface area contributed by atoms with Gasteiger partial charge in [-0.2, -0.15) is 0 Å². The van der Waals surface area contributed by atoms with Gasteiger partial charge in [-0.1, -0.05) is 12.1 Å². The molecular weight excluding hydrogens is 402 g/mol. The van der Waals surface area contributed by atoms with Gasteiger partial charge in [0.2, 0.25) is 0 Å². The van der Waals surface area contributed by atoms with Crippen LogP contribution in [0.3, 0.4) is 0 Å². The van der Waals surface area contributed by atoms with Gasteiger partial charge in [-0.15, -0.1) is 0 Å². The van der Waals surface area contributed by atoms with Crippen molar-refractivity contribution in [2.24, 2.45) is 0 Å². The van der Waals surface area contributed by atoms with E-state index in [1.54, 1.807) is 30.5 Å². The van der Waals surface area contributed by atoms with E-state index in [4.69, 9.17) is 4.74 Å². The first-order chi connectivity index (χ1) is 15.6. The Kier molecular flexibility index (Phi) is 5.33. The van der Waals surface area contributed by atoms with Crippen LogP contribution in [0.5, 0.6) is 5.75 Å². The normalized spacial score (nSPS) is 13.2. The Morgan fingerprint density at radius 3 is 2.72 bits per heavy atom. The third-order valence-corrected chi connectivity index (χ3v) is 5.48. The van der Waals surface area contributed by atoms with E-state index in [1.807, 2.05) is 26.1 Å². The molecule has 0 aliphatic carbocycles. The quantitative estimate of drug-likeness (QED) is 0.498. The fourth-order valence-corrected chi connectivity index (χ4v) is 3.94. The predicted octanol–water partition coefficient (Wildman–Crippen LogP) is 4.24. The minimum absolute atomic E-state index is 0.0890. The fraction of sp³-hybridized carbons (Fsp3) is 0.240. The molecule has 5 rings (SSSR count). The van der Waals surface area contributed by atoms with E-state index in [1.165, 1.54) is 0 Å². The van der Waals surface area contributed by atoms with Crippen LogP contribution in [-0.4, -0.2) is 33.1 Å². The first-order valence-corrected chi connectivity index (χ1v) is 10.8. The van der Waals surface area contributed by atoms with Crippen LogP contribution < -0.4 is 15.4 Å². The summed E-state index contributed by atoms with van der Waals surface area (Å²) in [6.07, 6.45) is 3.80. The molecule has 0 fully saturated rings. The molecule has 0 unspecified atom stereocenters. The molecule has 1 amide bonds. The highest BCUT2D eigenvalue weighted by molar-refractivity contribution is 6.04. The smallest absolute Gasteiger partial charge is 0.256 e. The first kappa shape index (κ1) is 20.2. The van der Waals surface area contributed by atoms with Gasteiger partial charge in [-0.3, -0.25) is 4.79 Å². The zero-order chi connectivity index (χ0) is 22.1. The van der Waals surface area contributed by atoms with Crippen molar-refractivity contribution in [3.05, 3.63) is 72.3 Å². The maximum absolute atomic E-state index is 12.7. The minimum Gasteiger partial charge on any atom is -0.491 e. The topological polar surface area (TPSA) is 81.1 Å². The van der Waals surface area contributed by atoms with Crippen molar-refractivity contribution in [2.45, 2.75) is 33.0 Å². The van der Waals surface area contributed by atoms with Gasteiger partial charge < -0.3 is 19.9 Å². The number of ether oxygens (including phenoxy) is 1. The summed E-state index contributed by atoms with van der Waals surface area (Å²) in [6, 6.07) is 15.3. The summed E-state index contributed by atoms with van der Waals surface area (Å²) in [4.78, 5) is 21.6. The van der Waals surface area contributed by atoms with E-state index in [9.17, 15) is 4.79 Å². The summed E-state index contributed by atoms with van der Waals surface area (Å²) in [7, 11) is 0. The number of rotatable bonds is 5. The number of hydrogen-bond donors (Lipinski definition) is 2. The van der Waals surface area contributed by atoms with Crippen molar-refractivity contribution in [1.82, 2.24) is 19.9 Å². The molecule has 2 aromatic heterocycles. The Morgan fingerprint density at radius 1 is 1.06 bits per heavy atom. The molecular formula is C25H25N5O2. The Hall–Kier alpha value is -3.71. The Bertz CT molecular complexity index is 1280. The zero-order valence-corrected chi connectivity index (χ0v) is 18.1. The SMILES string of the molecule is CC(C)Oc1ccc(C(=O)Nc2cc3cc(-c4cnc5n4CCNC5)ccc3cn2)cc1. The highest BCUT2D eigenvalue weighted by atomic mass is 16.5. The second kappa shape index (κ2) is 8.43. The molecule has 0 bridgehead atoms. The van der Waals surface area contributed by atoms with Crippen LogP contribution in [0.2, 0.25) is 0 Å². The number of nitrogens with zero attached hydrogens (tertiary/aromatic N) is 3. The second-order valence-electron chi connectivity index (χ2n) is 8.16. The lowest BCUT2D eigenvalue weighted by Gasteiger charge is -2.17. The van der Waals surface area contributed by atoms with Crippen LogP contribution in [0.1, 0.15) is 30.0 Å². The van der Waals surface area contributed by atoms with Gasteiger partial charge in [0.15, 0.2) is 0 Å². The number of carbonyl (C=O) groups is 1. The highest BCUT2D eigenvalue weighted by Crippen LogP contribution is 2.27. The third-order valence-electron chi connectivity index (χ3n) is 5.48. The zero-order valence-electron chi connectivity index (χ0n) is 18.1. The van der Waals surface area contributed by atoms with Crippen LogP contribution in [0.15, 0.2) is 60.9 Å². The maximum Gasteiger partial charge on any atom is 0.256 e. The molecule has 0 spiro atoms. The van der Waals surface area contributed by atoms with Crippen LogP contribution in [0.4, 0.5) is 5.82 Å². The van der Waals surface area contributed by atoms with Crippen LogP contribution in [-0.2, 0) is 13.1 Å². The molecule has 2 aromatic carbocycles. The highest BCUT2D eigenvalue weighted by Gasteiger charge is 2.15. The maximum atomic E-state index is 12.7. The number of imidazole rings is 1. The van der Waals surface area contributed by atoms with E-state index in [-0.39, 0.29) is 12.0 Å². The second-order valence-corrected chi connectivity index (χ2v) is 8.16. The molecule has 1 aliphatic heterocycles. The first-order valence-electron chi connectivity index (χ1n) is 10.8. The van der Waals surface area contributed by atoms with Gasteiger partial charge >= 0.3 is 0 Å². The van der Waals surface area contributed by atoms with E-state index >= 15 is 0 Å². The van der Waals surface area contributed by atoms with Crippen LogP contribution in [0, 0.1) is 0 Å². The number of pyridine rings is 1. The van der Waals surface area contributed by atoms with Gasteiger partial charge in [-0.05, 0) is 55.6 Å². The standard InChI is InChI=1S/C25H25N5O2/c1-16(2)32-21-7-5-17(6-8-21)25(31)29-23-12-20-11-18(3-4-19(20)13-27-23)22-14-28-24-15-26-9-10-30(22)24/h3-8,11-14,16,26H,9-10,15H2,1-2H3,(H,27,29,31). The lowest BCUT2D eigenvalue weighted by molar-refractivity contribution is 0.102. The molecule has 0 radical (unpaired) electrons. The number of benzene rings is 2. The minimum atomic E-state index is -0.207. The molecule has 3 heterocycles. The number of amides is 1. The molecule has 0 saturated heterocycles. The van der Waals surface area contributed by atoms with E-state index in [0.717, 1.165) is 53.2 Å². The average Bonchev–Trinajstić information content (AvgIpc) is 3.23. The molecule has 0 atom stereocenters. The fourth-order valence-electron chi connectivity index (χ4n) is 3.94. The van der Waals surface area contributed by atoms with Crippen molar-refractivity contribution in [2.75, 3.05) is 11.9 Å². The Balaban J connectivity index is 1.38. The third kappa shape index (κ3) is 4.07. The van der Waals surface area contributed by atoms with Crippen molar-refractivity contribution in [1.29, 1.82) is 0 Å². The molecule has 7 heteroatoms. The predicted molar refractivity (Wildman–Crippen MR) is 125 cm³/mol. The Labute approximate surface area is 186 Å². The summed E-state index contributed by atoms with van der Waals surface area (Å²) in [5, 5.41) is 8.27. The van der Waals surface area contributed by atoms with E-state index in [0.29, 0.717) is 11.4 Å². The number of aromatic nitrogens is 3. The summed E-state index contributed by atoms with van der Waals surface area (Å²) < 4.78 is 7.90. The summed E-state index contributed by atoms with van der Waals surface area (Å²) >= 11 is 0. The van der Waals surface area contributed by atoms with E-state index < -0.39 is 0 Å². The number of fused-ring (bicyclic) bond motifs is 2. The molecule has 1 aliphatic rings. The molecule has 4 aromatic rings. The number of hydrogen-bond acceptors (Lipinski definition) is 5. The average molecular weight is 428 g/mol. The summed E-state index contributed by atoms with van der Waals surface area (Å²) in [5.74, 6) is 2.10. The summed E-state index contributed by atoms with van der Waals surface area (Å²) in [6.45, 7) is 6.57. The molecule has 2 N–H and O–H groups in total. The molecule has 32 heavy (non-hydrogen) atoms. The van der Waals surface area contributed by atoms with Gasteiger partial charge in [-0.25, -0.2) is 9.97 Å². The Morgan fingerprint density at radius 2 is 1.91 bits per heavy atom. The summed E-state index contributed by atoms with van der Waals surface area (Å²) in [5.41, 5.74) is 2.76. The van der Waals surface area contributed by atoms with Crippen LogP contribution >= 0.6 is 0 Å². The van der Waals surface area contributed by atoms with Crippen LogP contribution in [0.25, 0.3) is 22.0 Å². The number of anilines is 1. The molecule has 162 valence electrons. The van der Waals surface area contributed by atoms with E-state index in [2.05, 4.69) is 43.4 Å². The molecule has 0 saturated carbocycles. The largest absolute Gasteiger partial charge is 0.491 e. The molecule has 7 nitrogen and oxygen atoms in total.